The Morgan fingerprint density at radius 1 is 0.833 bits per heavy atom. The summed E-state index contributed by atoms with van der Waals surface area (Å²) in [6.45, 7) is 0.279. The number of rotatable bonds is 8. The fourth-order valence-electron chi connectivity index (χ4n) is 3.62. The van der Waals surface area contributed by atoms with Crippen LogP contribution >= 0.6 is 11.8 Å². The Morgan fingerprint density at radius 2 is 1.42 bits per heavy atom. The SMILES string of the molecule is O=c1[nH]c2nc(SCc3ccccc3)n(Cc3ccccc3)c2c(=O)n1OS(=O)(=O)c1ccccc1. The molecule has 0 atom stereocenters. The normalized spacial score (nSPS) is 11.6. The van der Waals surface area contributed by atoms with Crippen molar-refractivity contribution >= 4 is 33.0 Å². The van der Waals surface area contributed by atoms with Gasteiger partial charge in [0.2, 0.25) is 0 Å². The molecule has 5 aromatic rings. The number of imidazole rings is 1. The first kappa shape index (κ1) is 23.6. The Kier molecular flexibility index (Phi) is 6.49. The van der Waals surface area contributed by atoms with E-state index in [0.717, 1.165) is 11.1 Å². The number of hydrogen-bond donors (Lipinski definition) is 1. The monoisotopic (exact) mass is 520 g/mol. The minimum Gasteiger partial charge on any atom is -0.308 e. The molecule has 182 valence electrons. The molecule has 2 aromatic heterocycles. The fraction of sp³-hybridized carbons (Fsp3) is 0.0800. The van der Waals surface area contributed by atoms with Gasteiger partial charge in [0.25, 0.3) is 0 Å². The van der Waals surface area contributed by atoms with Gasteiger partial charge >= 0.3 is 21.4 Å². The topological polar surface area (TPSA) is 116 Å². The van der Waals surface area contributed by atoms with Crippen LogP contribution in [0.2, 0.25) is 0 Å². The van der Waals surface area contributed by atoms with Crippen LogP contribution in [0.4, 0.5) is 0 Å². The van der Waals surface area contributed by atoms with Crippen LogP contribution in [0.25, 0.3) is 11.2 Å². The molecule has 0 spiro atoms. The molecule has 36 heavy (non-hydrogen) atoms. The summed E-state index contributed by atoms with van der Waals surface area (Å²) in [5.41, 5.74) is 0.0577. The van der Waals surface area contributed by atoms with E-state index in [-0.39, 0.29) is 27.3 Å². The molecule has 3 aromatic carbocycles. The number of hydrogen-bond acceptors (Lipinski definition) is 7. The van der Waals surface area contributed by atoms with E-state index in [9.17, 15) is 18.0 Å². The van der Waals surface area contributed by atoms with Crippen molar-refractivity contribution in [1.82, 2.24) is 19.3 Å². The highest BCUT2D eigenvalue weighted by Crippen LogP contribution is 2.25. The zero-order valence-corrected chi connectivity index (χ0v) is 20.4. The van der Waals surface area contributed by atoms with Crippen molar-refractivity contribution in [1.29, 1.82) is 0 Å². The smallest absolute Gasteiger partial charge is 0.308 e. The van der Waals surface area contributed by atoms with Crippen LogP contribution in [-0.4, -0.2) is 27.7 Å². The summed E-state index contributed by atoms with van der Waals surface area (Å²) >= 11 is 1.40. The molecule has 0 saturated carbocycles. The van der Waals surface area contributed by atoms with Crippen molar-refractivity contribution in [3.8, 4) is 0 Å². The molecule has 0 aliphatic rings. The van der Waals surface area contributed by atoms with Gasteiger partial charge in [-0.05, 0) is 23.3 Å². The minimum absolute atomic E-state index is 0.0253. The molecule has 0 unspecified atom stereocenters. The number of benzene rings is 3. The molecule has 0 aliphatic heterocycles. The summed E-state index contributed by atoms with van der Waals surface area (Å²) in [6, 6.07) is 26.5. The van der Waals surface area contributed by atoms with Crippen molar-refractivity contribution in [2.75, 3.05) is 0 Å². The minimum atomic E-state index is -4.43. The molecule has 5 rings (SSSR count). The molecule has 1 N–H and O–H groups in total. The van der Waals surface area contributed by atoms with Gasteiger partial charge in [-0.1, -0.05) is 95.4 Å². The number of H-pyrrole nitrogens is 1. The molecular weight excluding hydrogens is 500 g/mol. The maximum Gasteiger partial charge on any atom is 0.365 e. The van der Waals surface area contributed by atoms with E-state index in [1.807, 2.05) is 60.7 Å². The quantitative estimate of drug-likeness (QED) is 0.313. The standard InChI is InChI=1S/C25H20N4O5S2/c30-23-21-22(26-24(31)29(23)34-36(32,33)20-14-8-3-9-15-20)27-25(35-17-19-12-6-2-7-13-19)28(21)16-18-10-4-1-5-11-18/h1-15H,16-17H2,(H,26,31). The summed E-state index contributed by atoms with van der Waals surface area (Å²) in [6.07, 6.45) is 0. The van der Waals surface area contributed by atoms with Crippen LogP contribution in [0, 0.1) is 0 Å². The van der Waals surface area contributed by atoms with E-state index >= 15 is 0 Å². The average Bonchev–Trinajstić information content (AvgIpc) is 3.23. The van der Waals surface area contributed by atoms with Crippen LogP contribution in [-0.2, 0) is 22.4 Å². The van der Waals surface area contributed by atoms with Gasteiger partial charge in [0.05, 0.1) is 6.54 Å². The van der Waals surface area contributed by atoms with Gasteiger partial charge in [-0.15, -0.1) is 0 Å². The Bertz CT molecular complexity index is 1730. The number of fused-ring (bicyclic) bond motifs is 1. The van der Waals surface area contributed by atoms with Crippen LogP contribution in [0.3, 0.4) is 0 Å². The molecule has 11 heteroatoms. The lowest BCUT2D eigenvalue weighted by Gasteiger charge is -2.10. The van der Waals surface area contributed by atoms with Gasteiger partial charge in [-0.3, -0.25) is 14.1 Å². The predicted octanol–water partition coefficient (Wildman–Crippen LogP) is 3.04. The van der Waals surface area contributed by atoms with Crippen molar-refractivity contribution in [2.45, 2.75) is 22.3 Å². The maximum absolute atomic E-state index is 13.4. The van der Waals surface area contributed by atoms with E-state index in [2.05, 4.69) is 9.97 Å². The highest BCUT2D eigenvalue weighted by atomic mass is 32.2. The second-order valence-corrected chi connectivity index (χ2v) is 10.3. The third-order valence-corrected chi connectivity index (χ3v) is 7.57. The van der Waals surface area contributed by atoms with Gasteiger partial charge < -0.3 is 4.57 Å². The number of nitrogens with one attached hydrogen (secondary N) is 1. The lowest BCUT2D eigenvalue weighted by Crippen LogP contribution is -2.42. The lowest BCUT2D eigenvalue weighted by atomic mass is 10.2. The number of aromatic nitrogens is 4. The van der Waals surface area contributed by atoms with Gasteiger partial charge in [0.1, 0.15) is 4.90 Å². The Balaban J connectivity index is 1.61. The molecule has 0 aliphatic carbocycles. The van der Waals surface area contributed by atoms with Crippen LogP contribution < -0.4 is 15.5 Å². The van der Waals surface area contributed by atoms with Gasteiger partial charge in [0.15, 0.2) is 16.3 Å². The summed E-state index contributed by atoms with van der Waals surface area (Å²) in [4.78, 5) is 32.9. The first-order valence-corrected chi connectivity index (χ1v) is 13.3. The van der Waals surface area contributed by atoms with E-state index in [1.54, 1.807) is 10.6 Å². The third-order valence-electron chi connectivity index (χ3n) is 5.33. The summed E-state index contributed by atoms with van der Waals surface area (Å²) in [7, 11) is -4.43. The van der Waals surface area contributed by atoms with Gasteiger partial charge in [-0.25, -0.2) is 9.78 Å². The van der Waals surface area contributed by atoms with E-state index in [0.29, 0.717) is 10.9 Å². The summed E-state index contributed by atoms with van der Waals surface area (Å²) in [5.74, 6) is 0.580. The largest absolute Gasteiger partial charge is 0.365 e. The van der Waals surface area contributed by atoms with Crippen molar-refractivity contribution < 1.29 is 12.7 Å². The molecule has 0 saturated heterocycles. The molecule has 0 bridgehead atoms. The third kappa shape index (κ3) is 4.83. The number of thioether (sulfide) groups is 1. The molecule has 0 radical (unpaired) electrons. The first-order valence-electron chi connectivity index (χ1n) is 10.9. The van der Waals surface area contributed by atoms with Crippen LogP contribution in [0.15, 0.2) is 111 Å². The fourth-order valence-corrected chi connectivity index (χ4v) is 5.48. The molecule has 0 fully saturated rings. The second-order valence-electron chi connectivity index (χ2n) is 7.81. The maximum atomic E-state index is 13.4. The number of aromatic amines is 1. The van der Waals surface area contributed by atoms with Crippen LogP contribution in [0.5, 0.6) is 0 Å². The zero-order chi connectivity index (χ0) is 25.1. The highest BCUT2D eigenvalue weighted by molar-refractivity contribution is 7.98. The van der Waals surface area contributed by atoms with Crippen LogP contribution in [0.1, 0.15) is 11.1 Å². The molecule has 2 heterocycles. The molecule has 9 nitrogen and oxygen atoms in total. The number of nitrogens with zero attached hydrogens (tertiary/aromatic N) is 3. The average molecular weight is 521 g/mol. The van der Waals surface area contributed by atoms with E-state index in [4.69, 9.17) is 4.28 Å². The van der Waals surface area contributed by atoms with Crippen molar-refractivity contribution in [3.05, 3.63) is 123 Å². The van der Waals surface area contributed by atoms with Crippen molar-refractivity contribution in [3.63, 3.8) is 0 Å². The summed E-state index contributed by atoms with van der Waals surface area (Å²) in [5, 5.41) is 0.495. The van der Waals surface area contributed by atoms with E-state index in [1.165, 1.54) is 36.0 Å². The van der Waals surface area contributed by atoms with Gasteiger partial charge in [-0.2, -0.15) is 8.42 Å². The van der Waals surface area contributed by atoms with E-state index < -0.39 is 21.4 Å². The molecular formula is C25H20N4O5S2. The zero-order valence-electron chi connectivity index (χ0n) is 18.8. The first-order chi connectivity index (χ1) is 17.4. The Morgan fingerprint density at radius 3 is 2.06 bits per heavy atom. The predicted molar refractivity (Wildman–Crippen MR) is 136 cm³/mol. The lowest BCUT2D eigenvalue weighted by molar-refractivity contribution is 0.253. The van der Waals surface area contributed by atoms with Gasteiger partial charge in [0, 0.05) is 5.75 Å². The Hall–Kier alpha value is -4.09. The Labute approximate surface area is 210 Å². The van der Waals surface area contributed by atoms with Crippen molar-refractivity contribution in [2.24, 2.45) is 0 Å². The molecule has 0 amide bonds. The summed E-state index contributed by atoms with van der Waals surface area (Å²) < 4.78 is 32.3. The second kappa shape index (κ2) is 9.88. The highest BCUT2D eigenvalue weighted by Gasteiger charge is 2.24.